The SMILES string of the molecule is [2H]c1c([2H])c([2H])c(-n2c3c([2H])c([2H])c([2H])c([2H])c3c3c([2H])c(-c4cc(-c5ccc(-c6ccccc6)cc5)nc(-c5cccc6c5sc5ccccc56)c4)c([2H])c([2H])c32)c([2H])c1[2H]. The Hall–Kier alpha value is -6.29. The first kappa shape index (κ1) is 19.0. The van der Waals surface area contributed by atoms with E-state index in [9.17, 15) is 4.11 Å². The fourth-order valence-corrected chi connectivity index (χ4v) is 7.84. The normalized spacial score (nSPS) is 15.0. The Morgan fingerprint density at radius 3 is 2.06 bits per heavy atom. The number of aromatic nitrogens is 2. The summed E-state index contributed by atoms with van der Waals surface area (Å²) in [4.78, 5) is 5.19. The molecule has 0 spiro atoms. The Bertz CT molecular complexity index is 3520. The summed E-state index contributed by atoms with van der Waals surface area (Å²) < 4.78 is 110. The molecule has 50 heavy (non-hydrogen) atoms. The van der Waals surface area contributed by atoms with Crippen LogP contribution in [-0.2, 0) is 0 Å². The van der Waals surface area contributed by atoms with E-state index in [2.05, 4.69) is 18.2 Å². The van der Waals surface area contributed by atoms with Gasteiger partial charge in [-0.1, -0.05) is 133 Å². The third-order valence-corrected chi connectivity index (χ3v) is 10.2. The lowest BCUT2D eigenvalue weighted by atomic mass is 9.97. The van der Waals surface area contributed by atoms with Gasteiger partial charge < -0.3 is 4.57 Å². The van der Waals surface area contributed by atoms with Gasteiger partial charge in [-0.25, -0.2) is 4.98 Å². The minimum absolute atomic E-state index is 0.00987. The van der Waals surface area contributed by atoms with Gasteiger partial charge in [-0.3, -0.25) is 0 Å². The van der Waals surface area contributed by atoms with Crippen molar-refractivity contribution in [3.63, 3.8) is 0 Å². The van der Waals surface area contributed by atoms with Gasteiger partial charge >= 0.3 is 0 Å². The van der Waals surface area contributed by atoms with Gasteiger partial charge in [-0.15, -0.1) is 11.3 Å². The molecule has 0 aliphatic rings. The molecule has 0 bridgehead atoms. The molecule has 0 atom stereocenters. The molecule has 0 unspecified atom stereocenters. The van der Waals surface area contributed by atoms with Crippen LogP contribution < -0.4 is 0 Å². The van der Waals surface area contributed by atoms with Gasteiger partial charge in [-0.05, 0) is 70.7 Å². The maximum Gasteiger partial charge on any atom is 0.0730 e. The van der Waals surface area contributed by atoms with Crippen molar-refractivity contribution >= 4 is 53.3 Å². The van der Waals surface area contributed by atoms with Crippen molar-refractivity contribution < 1.29 is 16.4 Å². The Morgan fingerprint density at radius 1 is 0.480 bits per heavy atom. The van der Waals surface area contributed by atoms with Crippen molar-refractivity contribution in [2.75, 3.05) is 0 Å². The number of pyridine rings is 1. The van der Waals surface area contributed by atoms with Gasteiger partial charge in [-0.2, -0.15) is 0 Å². The molecule has 0 radical (unpaired) electrons. The monoisotopic (exact) mass is 666 g/mol. The molecule has 3 aromatic heterocycles. The number of thiophene rings is 1. The number of fused-ring (bicyclic) bond motifs is 6. The molecule has 0 aliphatic heterocycles. The number of benzene rings is 7. The van der Waals surface area contributed by atoms with Crippen molar-refractivity contribution in [1.29, 1.82) is 0 Å². The zero-order chi connectivity index (χ0) is 43.5. The molecule has 2 nitrogen and oxygen atoms in total. The summed E-state index contributed by atoms with van der Waals surface area (Å²) in [5, 5.41) is 1.82. The topological polar surface area (TPSA) is 17.8 Å². The fraction of sp³-hybridized carbons (Fsp3) is 0. The number of hydrogen-bond acceptors (Lipinski definition) is 2. The molecule has 0 saturated heterocycles. The van der Waals surface area contributed by atoms with E-state index in [0.717, 1.165) is 47.0 Å². The number of hydrogen-bond donors (Lipinski definition) is 0. The zero-order valence-electron chi connectivity index (χ0n) is 38.2. The lowest BCUT2D eigenvalue weighted by Gasteiger charge is -2.12. The van der Waals surface area contributed by atoms with Gasteiger partial charge in [0, 0.05) is 47.8 Å². The molecule has 0 N–H and O–H groups in total. The quantitative estimate of drug-likeness (QED) is 0.179. The first-order valence-electron chi connectivity index (χ1n) is 22.0. The van der Waals surface area contributed by atoms with Crippen molar-refractivity contribution in [2.45, 2.75) is 0 Å². The molecular formula is C47H30N2S. The summed E-state index contributed by atoms with van der Waals surface area (Å²) >= 11 is 1.62. The Balaban J connectivity index is 1.31. The van der Waals surface area contributed by atoms with Crippen molar-refractivity contribution in [3.8, 4) is 50.5 Å². The predicted octanol–water partition coefficient (Wildman–Crippen LogP) is 13.2. The van der Waals surface area contributed by atoms with Gasteiger partial charge in [0.1, 0.15) is 0 Å². The van der Waals surface area contributed by atoms with E-state index in [1.54, 1.807) is 23.5 Å². The van der Waals surface area contributed by atoms with Crippen LogP contribution in [0, 0.1) is 0 Å². The van der Waals surface area contributed by atoms with E-state index < -0.39 is 72.2 Å². The Morgan fingerprint density at radius 2 is 1.18 bits per heavy atom. The Labute approximate surface area is 311 Å². The minimum Gasteiger partial charge on any atom is -0.309 e. The number of para-hydroxylation sites is 2. The molecule has 10 aromatic rings. The van der Waals surface area contributed by atoms with E-state index in [0.29, 0.717) is 17.0 Å². The summed E-state index contributed by atoms with van der Waals surface area (Å²) in [6.45, 7) is 0. The molecule has 10 rings (SSSR count). The summed E-state index contributed by atoms with van der Waals surface area (Å²) in [6, 6.07) is 28.3. The summed E-state index contributed by atoms with van der Waals surface area (Å²) in [5.74, 6) is 0. The van der Waals surface area contributed by atoms with E-state index >= 15 is 0 Å². The number of nitrogens with zero attached hydrogens (tertiary/aromatic N) is 2. The first-order valence-corrected chi connectivity index (χ1v) is 16.8. The molecule has 0 amide bonds. The van der Waals surface area contributed by atoms with Crippen LogP contribution >= 0.6 is 11.3 Å². The van der Waals surface area contributed by atoms with Crippen LogP contribution in [0.1, 0.15) is 16.4 Å². The van der Waals surface area contributed by atoms with Crippen LogP contribution in [0.15, 0.2) is 182 Å². The van der Waals surface area contributed by atoms with Crippen LogP contribution in [0.2, 0.25) is 0 Å². The molecule has 0 saturated carbocycles. The maximum absolute atomic E-state index is 9.88. The highest BCUT2D eigenvalue weighted by Gasteiger charge is 2.17. The average Bonchev–Trinajstić information content (AvgIpc) is 3.86. The Kier molecular flexibility index (Phi) is 4.45. The molecule has 7 aromatic carbocycles. The van der Waals surface area contributed by atoms with Crippen LogP contribution in [0.5, 0.6) is 0 Å². The van der Waals surface area contributed by atoms with E-state index in [1.807, 2.05) is 78.9 Å². The third-order valence-electron chi connectivity index (χ3n) is 8.95. The van der Waals surface area contributed by atoms with Gasteiger partial charge in [0.2, 0.25) is 0 Å². The summed E-state index contributed by atoms with van der Waals surface area (Å²) in [6.07, 6.45) is 0. The smallest absolute Gasteiger partial charge is 0.0730 e. The average molecular weight is 667 g/mol. The van der Waals surface area contributed by atoms with Crippen molar-refractivity contribution in [2.24, 2.45) is 0 Å². The van der Waals surface area contributed by atoms with E-state index in [-0.39, 0.29) is 33.4 Å². The van der Waals surface area contributed by atoms with Gasteiger partial charge in [0.25, 0.3) is 0 Å². The predicted molar refractivity (Wildman–Crippen MR) is 213 cm³/mol. The lowest BCUT2D eigenvalue weighted by molar-refractivity contribution is 1.18. The first-order chi connectivity index (χ1) is 29.8. The molecular weight excluding hydrogens is 625 g/mol. The highest BCUT2D eigenvalue weighted by Crippen LogP contribution is 2.42. The second-order valence-electron chi connectivity index (χ2n) is 11.9. The molecule has 0 aliphatic carbocycles. The minimum atomic E-state index is -0.695. The van der Waals surface area contributed by atoms with Gasteiger partial charge in [0.05, 0.1) is 38.9 Å². The van der Waals surface area contributed by atoms with E-state index in [4.69, 9.17) is 17.3 Å². The highest BCUT2D eigenvalue weighted by molar-refractivity contribution is 7.26. The standard InChI is InChI=1S/C47H30N2S/c1-3-12-31(13-4-1)32-22-24-33(25-23-32)42-29-35(30-43(48-42)40-19-11-18-39-38-17-8-10-21-46(38)50-47(39)40)34-26-27-45-41(28-34)37-16-7-9-20-44(37)49(45)36-14-5-2-6-15-36/h1-30H/i2D,5D,6D,7D,9D,14D,15D,16D,20D,26D,27D,28D. The molecule has 3 heteroatoms. The van der Waals surface area contributed by atoms with Crippen LogP contribution in [0.4, 0.5) is 0 Å². The zero-order valence-corrected chi connectivity index (χ0v) is 27.0. The third kappa shape index (κ3) is 4.74. The van der Waals surface area contributed by atoms with Crippen molar-refractivity contribution in [1.82, 2.24) is 9.55 Å². The molecule has 234 valence electrons. The van der Waals surface area contributed by atoms with Gasteiger partial charge in [0.15, 0.2) is 0 Å². The molecule has 0 fully saturated rings. The highest BCUT2D eigenvalue weighted by atomic mass is 32.1. The van der Waals surface area contributed by atoms with Crippen LogP contribution in [0.25, 0.3) is 92.4 Å². The largest absolute Gasteiger partial charge is 0.309 e. The summed E-state index contributed by atoms with van der Waals surface area (Å²) in [7, 11) is 0. The molecule has 3 heterocycles. The van der Waals surface area contributed by atoms with Crippen LogP contribution in [-0.4, -0.2) is 9.55 Å². The second-order valence-corrected chi connectivity index (χ2v) is 12.9. The summed E-state index contributed by atoms with van der Waals surface area (Å²) in [5.41, 5.74) is 3.97. The lowest BCUT2D eigenvalue weighted by Crippen LogP contribution is -1.93. The van der Waals surface area contributed by atoms with Crippen LogP contribution in [0.3, 0.4) is 0 Å². The maximum atomic E-state index is 9.88. The van der Waals surface area contributed by atoms with E-state index in [1.165, 1.54) is 0 Å². The second kappa shape index (κ2) is 11.7. The number of rotatable bonds is 5. The van der Waals surface area contributed by atoms with Crippen molar-refractivity contribution in [3.05, 3.63) is 182 Å². The fourth-order valence-electron chi connectivity index (χ4n) is 6.61.